The normalized spacial score (nSPS) is 10.5. The second kappa shape index (κ2) is 3.68. The van der Waals surface area contributed by atoms with Crippen LogP contribution in [0.4, 0.5) is 0 Å². The zero-order valence-corrected chi connectivity index (χ0v) is 9.10. The van der Waals surface area contributed by atoms with Crippen molar-refractivity contribution in [3.8, 4) is 0 Å². The topological polar surface area (TPSA) is 62.8 Å². The number of hydrogen-bond donors (Lipinski definition) is 2. The lowest BCUT2D eigenvalue weighted by Gasteiger charge is -2.06. The van der Waals surface area contributed by atoms with Crippen molar-refractivity contribution in [1.29, 1.82) is 5.41 Å². The Morgan fingerprint density at radius 2 is 2.07 bits per heavy atom. The number of fused-ring (bicyclic) bond motifs is 1. The summed E-state index contributed by atoms with van der Waals surface area (Å²) in [6, 6.07) is 5.15. The Kier molecular flexibility index (Phi) is 2.50. The number of nitrogens with zero attached hydrogens (tertiary/aromatic N) is 1. The number of nitrogen functional groups attached to an aromatic ring is 1. The first-order chi connectivity index (χ1) is 7.09. The minimum atomic E-state index is -0.107. The number of amidine groups is 1. The summed E-state index contributed by atoms with van der Waals surface area (Å²) >= 11 is 11.9. The zero-order valence-electron chi connectivity index (χ0n) is 7.59. The van der Waals surface area contributed by atoms with Crippen LogP contribution in [0.3, 0.4) is 0 Å². The standard InChI is InChI=1S/C10H7Cl2N3/c11-6-3-5-1-2-15-9(10(13)14)8(5)7(12)4-6/h1-4H,(H3,13,14). The summed E-state index contributed by atoms with van der Waals surface area (Å²) in [5.74, 6) is -0.107. The number of benzene rings is 1. The van der Waals surface area contributed by atoms with Gasteiger partial charge in [0, 0.05) is 16.6 Å². The molecule has 0 aliphatic carbocycles. The van der Waals surface area contributed by atoms with E-state index in [9.17, 15) is 0 Å². The maximum absolute atomic E-state index is 7.39. The number of hydrogen-bond acceptors (Lipinski definition) is 2. The van der Waals surface area contributed by atoms with E-state index in [-0.39, 0.29) is 5.84 Å². The number of nitrogens with one attached hydrogen (secondary N) is 1. The van der Waals surface area contributed by atoms with Crippen molar-refractivity contribution in [2.75, 3.05) is 0 Å². The SMILES string of the molecule is N=C(N)c1nccc2cc(Cl)cc(Cl)c12. The monoisotopic (exact) mass is 239 g/mol. The molecular weight excluding hydrogens is 233 g/mol. The van der Waals surface area contributed by atoms with E-state index < -0.39 is 0 Å². The van der Waals surface area contributed by atoms with Gasteiger partial charge in [0.15, 0.2) is 0 Å². The van der Waals surface area contributed by atoms with E-state index in [1.807, 2.05) is 0 Å². The Labute approximate surface area is 96.3 Å². The molecule has 0 aliphatic heterocycles. The summed E-state index contributed by atoms with van der Waals surface area (Å²) < 4.78 is 0. The molecule has 15 heavy (non-hydrogen) atoms. The summed E-state index contributed by atoms with van der Waals surface area (Å²) in [6.45, 7) is 0. The molecule has 0 aliphatic rings. The molecule has 2 rings (SSSR count). The van der Waals surface area contributed by atoms with E-state index in [2.05, 4.69) is 4.98 Å². The molecule has 0 bridgehead atoms. The van der Waals surface area contributed by atoms with Gasteiger partial charge < -0.3 is 5.73 Å². The van der Waals surface area contributed by atoms with Crippen molar-refractivity contribution in [3.63, 3.8) is 0 Å². The second-order valence-corrected chi connectivity index (χ2v) is 3.90. The lowest BCUT2D eigenvalue weighted by Crippen LogP contribution is -2.13. The third-order valence-electron chi connectivity index (χ3n) is 2.04. The van der Waals surface area contributed by atoms with Crippen LogP contribution in [0.5, 0.6) is 0 Å². The Balaban J connectivity index is 2.91. The molecule has 0 radical (unpaired) electrons. The van der Waals surface area contributed by atoms with Gasteiger partial charge in [-0.05, 0) is 23.6 Å². The number of nitrogens with two attached hydrogens (primary N) is 1. The molecule has 0 saturated carbocycles. The number of halogens is 2. The summed E-state index contributed by atoms with van der Waals surface area (Å²) in [7, 11) is 0. The third kappa shape index (κ3) is 1.76. The van der Waals surface area contributed by atoms with Gasteiger partial charge in [-0.25, -0.2) is 0 Å². The van der Waals surface area contributed by atoms with Crippen LogP contribution in [0.1, 0.15) is 5.69 Å². The van der Waals surface area contributed by atoms with Crippen molar-refractivity contribution >= 4 is 39.8 Å². The van der Waals surface area contributed by atoms with Crippen molar-refractivity contribution < 1.29 is 0 Å². The molecule has 0 fully saturated rings. The van der Waals surface area contributed by atoms with Crippen LogP contribution in [0.15, 0.2) is 24.4 Å². The minimum Gasteiger partial charge on any atom is -0.382 e. The molecule has 0 spiro atoms. The second-order valence-electron chi connectivity index (χ2n) is 3.06. The molecular formula is C10H7Cl2N3. The molecule has 3 N–H and O–H groups in total. The highest BCUT2D eigenvalue weighted by Gasteiger charge is 2.09. The molecule has 0 amide bonds. The molecule has 1 aromatic heterocycles. The van der Waals surface area contributed by atoms with Gasteiger partial charge in [0.1, 0.15) is 11.5 Å². The van der Waals surface area contributed by atoms with Crippen LogP contribution >= 0.6 is 23.2 Å². The van der Waals surface area contributed by atoms with Gasteiger partial charge in [-0.2, -0.15) is 0 Å². The molecule has 0 unspecified atom stereocenters. The molecule has 1 heterocycles. The summed E-state index contributed by atoms with van der Waals surface area (Å²) in [6.07, 6.45) is 1.58. The molecule has 76 valence electrons. The molecule has 5 heteroatoms. The largest absolute Gasteiger partial charge is 0.382 e. The number of rotatable bonds is 1. The van der Waals surface area contributed by atoms with Crippen LogP contribution in [0.25, 0.3) is 10.8 Å². The van der Waals surface area contributed by atoms with Gasteiger partial charge in [-0.15, -0.1) is 0 Å². The lowest BCUT2D eigenvalue weighted by atomic mass is 10.1. The fraction of sp³-hybridized carbons (Fsp3) is 0. The molecule has 0 atom stereocenters. The average molecular weight is 240 g/mol. The number of aromatic nitrogens is 1. The van der Waals surface area contributed by atoms with Gasteiger partial charge in [-0.1, -0.05) is 23.2 Å². The lowest BCUT2D eigenvalue weighted by molar-refractivity contribution is 1.28. The molecule has 1 aromatic carbocycles. The van der Waals surface area contributed by atoms with Crippen LogP contribution in [0.2, 0.25) is 10.0 Å². The highest BCUT2D eigenvalue weighted by Crippen LogP contribution is 2.29. The predicted molar refractivity (Wildman–Crippen MR) is 62.8 cm³/mol. The molecule has 2 aromatic rings. The quantitative estimate of drug-likeness (QED) is 0.594. The molecule has 3 nitrogen and oxygen atoms in total. The van der Waals surface area contributed by atoms with Crippen LogP contribution in [0, 0.1) is 5.41 Å². The van der Waals surface area contributed by atoms with Crippen molar-refractivity contribution in [2.45, 2.75) is 0 Å². The first-order valence-electron chi connectivity index (χ1n) is 4.18. The highest BCUT2D eigenvalue weighted by atomic mass is 35.5. The van der Waals surface area contributed by atoms with Gasteiger partial charge in [0.25, 0.3) is 0 Å². The maximum atomic E-state index is 7.39. The molecule has 0 saturated heterocycles. The average Bonchev–Trinajstić information content (AvgIpc) is 2.16. The van der Waals surface area contributed by atoms with E-state index in [1.165, 1.54) is 0 Å². The fourth-order valence-electron chi connectivity index (χ4n) is 1.44. The van der Waals surface area contributed by atoms with Gasteiger partial charge >= 0.3 is 0 Å². The smallest absolute Gasteiger partial charge is 0.142 e. The van der Waals surface area contributed by atoms with E-state index in [0.29, 0.717) is 21.1 Å². The highest BCUT2D eigenvalue weighted by molar-refractivity contribution is 6.39. The summed E-state index contributed by atoms with van der Waals surface area (Å²) in [5.41, 5.74) is 5.80. The van der Waals surface area contributed by atoms with Crippen molar-refractivity contribution in [3.05, 3.63) is 40.1 Å². The van der Waals surface area contributed by atoms with E-state index in [4.69, 9.17) is 34.3 Å². The fourth-order valence-corrected chi connectivity index (χ4v) is 2.03. The van der Waals surface area contributed by atoms with Crippen molar-refractivity contribution in [1.82, 2.24) is 4.98 Å². The minimum absolute atomic E-state index is 0.107. The third-order valence-corrected chi connectivity index (χ3v) is 2.55. The van der Waals surface area contributed by atoms with Gasteiger partial charge in [0.2, 0.25) is 0 Å². The summed E-state index contributed by atoms with van der Waals surface area (Å²) in [5, 5.41) is 9.88. The maximum Gasteiger partial charge on any atom is 0.142 e. The van der Waals surface area contributed by atoms with Crippen molar-refractivity contribution in [2.24, 2.45) is 5.73 Å². The summed E-state index contributed by atoms with van der Waals surface area (Å²) in [4.78, 5) is 4.02. The van der Waals surface area contributed by atoms with Crippen LogP contribution in [-0.2, 0) is 0 Å². The first kappa shape index (κ1) is 10.2. The van der Waals surface area contributed by atoms with E-state index >= 15 is 0 Å². The van der Waals surface area contributed by atoms with Gasteiger partial charge in [0.05, 0.1) is 5.02 Å². The van der Waals surface area contributed by atoms with Crippen LogP contribution < -0.4 is 5.73 Å². The van der Waals surface area contributed by atoms with Gasteiger partial charge in [-0.3, -0.25) is 10.4 Å². The number of pyridine rings is 1. The Morgan fingerprint density at radius 1 is 1.33 bits per heavy atom. The Hall–Kier alpha value is -1.32. The Morgan fingerprint density at radius 3 is 2.73 bits per heavy atom. The first-order valence-corrected chi connectivity index (χ1v) is 4.93. The van der Waals surface area contributed by atoms with E-state index in [0.717, 1.165) is 5.39 Å². The van der Waals surface area contributed by atoms with Crippen LogP contribution in [-0.4, -0.2) is 10.8 Å². The predicted octanol–water partition coefficient (Wildman–Crippen LogP) is 2.83. The Bertz CT molecular complexity index is 552. The van der Waals surface area contributed by atoms with E-state index in [1.54, 1.807) is 24.4 Å². The zero-order chi connectivity index (χ0) is 11.0.